The summed E-state index contributed by atoms with van der Waals surface area (Å²) in [6, 6.07) is 9.19. The summed E-state index contributed by atoms with van der Waals surface area (Å²) in [4.78, 5) is 16.6. The van der Waals surface area contributed by atoms with Crippen LogP contribution < -0.4 is 5.32 Å². The summed E-state index contributed by atoms with van der Waals surface area (Å²) in [7, 11) is -3.60. The number of aromatic nitrogens is 3. The smallest absolute Gasteiger partial charge is 0.322 e. The van der Waals surface area contributed by atoms with Crippen LogP contribution in [0, 0.1) is 0 Å². The number of amides is 1. The lowest BCUT2D eigenvalue weighted by molar-refractivity contribution is 0.102. The van der Waals surface area contributed by atoms with Gasteiger partial charge in [0.2, 0.25) is 10.0 Å². The van der Waals surface area contributed by atoms with Crippen molar-refractivity contribution in [1.82, 2.24) is 19.5 Å². The van der Waals surface area contributed by atoms with Crippen LogP contribution in [0.15, 0.2) is 58.1 Å². The molecular weight excluding hydrogens is 406 g/mol. The molecule has 0 aliphatic rings. The first-order valence-electron chi connectivity index (χ1n) is 9.61. The van der Waals surface area contributed by atoms with Gasteiger partial charge in [-0.15, -0.1) is 5.10 Å². The maximum Gasteiger partial charge on any atom is 0.322 e. The van der Waals surface area contributed by atoms with E-state index in [1.807, 2.05) is 13.8 Å². The predicted molar refractivity (Wildman–Crippen MR) is 111 cm³/mol. The molecule has 1 N–H and O–H groups in total. The normalized spacial score (nSPS) is 11.6. The highest BCUT2D eigenvalue weighted by atomic mass is 32.2. The van der Waals surface area contributed by atoms with Crippen molar-refractivity contribution in [3.05, 3.63) is 54.4 Å². The number of carbonyl (C=O) groups is 1. The van der Waals surface area contributed by atoms with Gasteiger partial charge in [0.25, 0.3) is 11.8 Å². The molecule has 158 valence electrons. The van der Waals surface area contributed by atoms with Gasteiger partial charge in [-0.25, -0.2) is 8.42 Å². The average Bonchev–Trinajstić information content (AvgIpc) is 3.23. The molecule has 1 aromatic carbocycles. The Morgan fingerprint density at radius 3 is 2.37 bits per heavy atom. The fourth-order valence-corrected chi connectivity index (χ4v) is 4.45. The monoisotopic (exact) mass is 429 g/mol. The first kappa shape index (κ1) is 21.6. The Kier molecular flexibility index (Phi) is 6.91. The fraction of sp³-hybridized carbons (Fsp3) is 0.300. The standard InChI is InChI=1S/C20H23N5O4S/c1-3-12-25(13-4-2)30(27,28)17-9-7-15(8-10-17)18(26)22-20-24-23-19(29-20)16-6-5-11-21-14-16/h5-11,14H,3-4,12-13H2,1-2H3,(H,22,24,26). The summed E-state index contributed by atoms with van der Waals surface area (Å²) in [5.41, 5.74) is 0.899. The topological polar surface area (TPSA) is 118 Å². The minimum atomic E-state index is -3.60. The van der Waals surface area contributed by atoms with Crippen molar-refractivity contribution in [1.29, 1.82) is 0 Å². The van der Waals surface area contributed by atoms with Crippen molar-refractivity contribution in [2.75, 3.05) is 18.4 Å². The molecule has 2 heterocycles. The van der Waals surface area contributed by atoms with Crippen LogP contribution in [0.2, 0.25) is 0 Å². The van der Waals surface area contributed by atoms with Gasteiger partial charge in [0.15, 0.2) is 0 Å². The minimum absolute atomic E-state index is 0.0624. The summed E-state index contributed by atoms with van der Waals surface area (Å²) in [6.07, 6.45) is 4.64. The van der Waals surface area contributed by atoms with Crippen molar-refractivity contribution in [3.8, 4) is 11.5 Å². The first-order chi connectivity index (χ1) is 14.5. The number of nitrogens with zero attached hydrogens (tertiary/aromatic N) is 4. The molecule has 0 bridgehead atoms. The summed E-state index contributed by atoms with van der Waals surface area (Å²) in [6.45, 7) is 4.77. The number of hydrogen-bond acceptors (Lipinski definition) is 7. The Morgan fingerprint density at radius 1 is 1.07 bits per heavy atom. The van der Waals surface area contributed by atoms with Gasteiger partial charge in [-0.3, -0.25) is 15.1 Å². The zero-order chi connectivity index (χ0) is 21.6. The molecule has 0 saturated heterocycles. The molecule has 0 radical (unpaired) electrons. The lowest BCUT2D eigenvalue weighted by Gasteiger charge is -2.21. The molecule has 0 fully saturated rings. The number of carbonyl (C=O) groups excluding carboxylic acids is 1. The summed E-state index contributed by atoms with van der Waals surface area (Å²) in [5, 5.41) is 10.2. The summed E-state index contributed by atoms with van der Waals surface area (Å²) in [5.74, 6) is -0.258. The van der Waals surface area contributed by atoms with Crippen LogP contribution in [-0.2, 0) is 10.0 Å². The number of sulfonamides is 1. The second kappa shape index (κ2) is 9.59. The predicted octanol–water partition coefficient (Wildman–Crippen LogP) is 3.19. The number of benzene rings is 1. The van der Waals surface area contributed by atoms with Gasteiger partial charge >= 0.3 is 6.01 Å². The van der Waals surface area contributed by atoms with Crippen LogP contribution in [0.4, 0.5) is 6.01 Å². The molecule has 9 nitrogen and oxygen atoms in total. The van der Waals surface area contributed by atoms with E-state index < -0.39 is 15.9 Å². The molecule has 30 heavy (non-hydrogen) atoms. The highest BCUT2D eigenvalue weighted by Gasteiger charge is 2.23. The van der Waals surface area contributed by atoms with E-state index in [9.17, 15) is 13.2 Å². The van der Waals surface area contributed by atoms with Crippen LogP contribution in [0.25, 0.3) is 11.5 Å². The van der Waals surface area contributed by atoms with Crippen molar-refractivity contribution in [2.45, 2.75) is 31.6 Å². The average molecular weight is 430 g/mol. The van der Waals surface area contributed by atoms with Gasteiger partial charge in [0.05, 0.1) is 10.5 Å². The number of anilines is 1. The molecule has 3 rings (SSSR count). The molecule has 0 spiro atoms. The molecule has 0 saturated carbocycles. The Morgan fingerprint density at radius 2 is 1.77 bits per heavy atom. The Bertz CT molecular complexity index is 1080. The molecule has 0 unspecified atom stereocenters. The first-order valence-corrected chi connectivity index (χ1v) is 11.0. The maximum absolute atomic E-state index is 12.8. The Hall–Kier alpha value is -3.11. The van der Waals surface area contributed by atoms with E-state index in [1.165, 1.54) is 28.6 Å². The van der Waals surface area contributed by atoms with Gasteiger partial charge in [-0.1, -0.05) is 18.9 Å². The van der Waals surface area contributed by atoms with Crippen molar-refractivity contribution in [2.24, 2.45) is 0 Å². The van der Waals surface area contributed by atoms with Crippen LogP contribution in [-0.4, -0.2) is 46.9 Å². The number of nitrogens with one attached hydrogen (secondary N) is 1. The van der Waals surface area contributed by atoms with E-state index in [2.05, 4.69) is 20.5 Å². The molecule has 2 aromatic heterocycles. The van der Waals surface area contributed by atoms with Gasteiger partial charge < -0.3 is 4.42 Å². The third-order valence-electron chi connectivity index (χ3n) is 4.25. The van der Waals surface area contributed by atoms with Gasteiger partial charge in [-0.05, 0) is 49.2 Å². The fourth-order valence-electron chi connectivity index (χ4n) is 2.83. The summed E-state index contributed by atoms with van der Waals surface area (Å²) < 4.78 is 32.5. The zero-order valence-corrected chi connectivity index (χ0v) is 17.6. The van der Waals surface area contributed by atoms with E-state index in [0.29, 0.717) is 18.7 Å². The van der Waals surface area contributed by atoms with Crippen molar-refractivity contribution < 1.29 is 17.6 Å². The minimum Gasteiger partial charge on any atom is -0.403 e. The van der Waals surface area contributed by atoms with Crippen LogP contribution in [0.5, 0.6) is 0 Å². The van der Waals surface area contributed by atoms with Gasteiger partial charge in [-0.2, -0.15) is 4.31 Å². The van der Waals surface area contributed by atoms with Gasteiger partial charge in [0, 0.05) is 31.0 Å². The number of rotatable bonds is 9. The molecule has 0 aliphatic carbocycles. The number of pyridine rings is 1. The molecule has 3 aromatic rings. The molecule has 10 heteroatoms. The lowest BCUT2D eigenvalue weighted by atomic mass is 10.2. The quantitative estimate of drug-likeness (QED) is 0.555. The second-order valence-corrected chi connectivity index (χ2v) is 8.47. The largest absolute Gasteiger partial charge is 0.403 e. The summed E-state index contributed by atoms with van der Waals surface area (Å²) >= 11 is 0. The molecule has 1 amide bonds. The van der Waals surface area contributed by atoms with Crippen molar-refractivity contribution in [3.63, 3.8) is 0 Å². The molecule has 0 atom stereocenters. The maximum atomic E-state index is 12.8. The zero-order valence-electron chi connectivity index (χ0n) is 16.8. The third-order valence-corrected chi connectivity index (χ3v) is 6.17. The van der Waals surface area contributed by atoms with E-state index in [4.69, 9.17) is 4.42 Å². The third kappa shape index (κ3) is 4.89. The highest BCUT2D eigenvalue weighted by molar-refractivity contribution is 7.89. The Labute approximate surface area is 175 Å². The van der Waals surface area contributed by atoms with Crippen LogP contribution >= 0.6 is 0 Å². The molecule has 0 aliphatic heterocycles. The van der Waals surface area contributed by atoms with Crippen molar-refractivity contribution >= 4 is 21.9 Å². The van der Waals surface area contributed by atoms with Crippen LogP contribution in [0.1, 0.15) is 37.0 Å². The van der Waals surface area contributed by atoms with E-state index in [-0.39, 0.29) is 22.4 Å². The Balaban J connectivity index is 1.72. The number of hydrogen-bond donors (Lipinski definition) is 1. The SMILES string of the molecule is CCCN(CCC)S(=O)(=O)c1ccc(C(=O)Nc2nnc(-c3cccnc3)o2)cc1. The van der Waals surface area contributed by atoms with Gasteiger partial charge in [0.1, 0.15) is 0 Å². The van der Waals surface area contributed by atoms with E-state index >= 15 is 0 Å². The lowest BCUT2D eigenvalue weighted by Crippen LogP contribution is -2.32. The van der Waals surface area contributed by atoms with E-state index in [0.717, 1.165) is 12.8 Å². The van der Waals surface area contributed by atoms with Crippen LogP contribution in [0.3, 0.4) is 0 Å². The highest BCUT2D eigenvalue weighted by Crippen LogP contribution is 2.20. The second-order valence-electron chi connectivity index (χ2n) is 6.54. The van der Waals surface area contributed by atoms with E-state index in [1.54, 1.807) is 24.5 Å². The molecular formula is C20H23N5O4S.